The first kappa shape index (κ1) is 22.8. The molecule has 0 spiro atoms. The Morgan fingerprint density at radius 3 is 1.41 bits per heavy atom. The summed E-state index contributed by atoms with van der Waals surface area (Å²) in [7, 11) is 0. The van der Waals surface area contributed by atoms with Crippen molar-refractivity contribution in [3.8, 4) is 0 Å². The quantitative estimate of drug-likeness (QED) is 0.625. The van der Waals surface area contributed by atoms with Gasteiger partial charge in [-0.2, -0.15) is 0 Å². The van der Waals surface area contributed by atoms with Gasteiger partial charge in [0.05, 0.1) is 0 Å². The minimum atomic E-state index is 0.00104. The molecular formula is C28H38N2O2. The Hall–Kier alpha value is -2.36. The van der Waals surface area contributed by atoms with Gasteiger partial charge in [0.1, 0.15) is 0 Å². The molecule has 4 heteroatoms. The van der Waals surface area contributed by atoms with E-state index in [0.29, 0.717) is 23.0 Å². The van der Waals surface area contributed by atoms with E-state index in [1.807, 2.05) is 36.4 Å². The van der Waals surface area contributed by atoms with E-state index in [4.69, 9.17) is 0 Å². The van der Waals surface area contributed by atoms with Crippen LogP contribution in [0.5, 0.6) is 0 Å². The summed E-state index contributed by atoms with van der Waals surface area (Å²) in [6.07, 6.45) is 6.57. The molecule has 172 valence electrons. The predicted molar refractivity (Wildman–Crippen MR) is 131 cm³/mol. The van der Waals surface area contributed by atoms with Gasteiger partial charge in [-0.05, 0) is 97.2 Å². The first-order valence-electron chi connectivity index (χ1n) is 12.5. The Bertz CT molecular complexity index is 905. The standard InChI is InChI=1S/C28H38N2O2/c1-17-5-11-25(13-19(17)3)29-27(31)23-9-7-22-16-24(10-8-21(22)15-23)28(32)30-26-12-6-18(2)20(4)14-26/h7-10,15-20,25-26H,5-6,11-14H2,1-4H3,(H,29,31)(H,30,32). The summed E-state index contributed by atoms with van der Waals surface area (Å²) in [5.74, 6) is 2.77. The lowest BCUT2D eigenvalue weighted by atomic mass is 9.79. The summed E-state index contributed by atoms with van der Waals surface area (Å²) >= 11 is 0. The Labute approximate surface area is 192 Å². The Morgan fingerprint density at radius 2 is 1.03 bits per heavy atom. The van der Waals surface area contributed by atoms with Crippen LogP contribution >= 0.6 is 0 Å². The Morgan fingerprint density at radius 1 is 0.625 bits per heavy atom. The molecule has 0 heterocycles. The van der Waals surface area contributed by atoms with E-state index in [0.717, 1.165) is 48.3 Å². The lowest BCUT2D eigenvalue weighted by molar-refractivity contribution is 0.0902. The van der Waals surface area contributed by atoms with Crippen molar-refractivity contribution in [3.05, 3.63) is 47.5 Å². The molecule has 2 fully saturated rings. The maximum atomic E-state index is 12.8. The van der Waals surface area contributed by atoms with Gasteiger partial charge in [0, 0.05) is 23.2 Å². The minimum Gasteiger partial charge on any atom is -0.349 e. The molecular weight excluding hydrogens is 396 g/mol. The highest BCUT2D eigenvalue weighted by Gasteiger charge is 2.27. The maximum absolute atomic E-state index is 12.8. The third kappa shape index (κ3) is 5.16. The molecule has 4 nitrogen and oxygen atoms in total. The number of carbonyl (C=O) groups is 2. The number of carbonyl (C=O) groups excluding carboxylic acids is 2. The monoisotopic (exact) mass is 434 g/mol. The normalized spacial score (nSPS) is 30.6. The Balaban J connectivity index is 1.40. The SMILES string of the molecule is CC1CCC(NC(=O)c2ccc3cc(C(=O)NC4CCC(C)C(C)C4)ccc3c2)CC1C. The molecule has 4 rings (SSSR count). The van der Waals surface area contributed by atoms with Gasteiger partial charge in [0.15, 0.2) is 0 Å². The average Bonchev–Trinajstić information content (AvgIpc) is 2.78. The van der Waals surface area contributed by atoms with E-state index in [9.17, 15) is 9.59 Å². The topological polar surface area (TPSA) is 58.2 Å². The molecule has 2 aliphatic rings. The third-order valence-electron chi connectivity index (χ3n) is 8.23. The first-order chi connectivity index (χ1) is 15.3. The molecule has 0 aromatic heterocycles. The van der Waals surface area contributed by atoms with Gasteiger partial charge in [-0.15, -0.1) is 0 Å². The van der Waals surface area contributed by atoms with Crippen LogP contribution in [-0.4, -0.2) is 23.9 Å². The zero-order valence-corrected chi connectivity index (χ0v) is 20.0. The predicted octanol–water partition coefficient (Wildman–Crippen LogP) is 5.95. The van der Waals surface area contributed by atoms with Crippen molar-refractivity contribution < 1.29 is 9.59 Å². The van der Waals surface area contributed by atoms with Crippen molar-refractivity contribution in [2.24, 2.45) is 23.7 Å². The molecule has 32 heavy (non-hydrogen) atoms. The van der Waals surface area contributed by atoms with Crippen molar-refractivity contribution >= 4 is 22.6 Å². The van der Waals surface area contributed by atoms with E-state index in [-0.39, 0.29) is 23.9 Å². The van der Waals surface area contributed by atoms with E-state index < -0.39 is 0 Å². The van der Waals surface area contributed by atoms with Crippen LogP contribution < -0.4 is 10.6 Å². The molecule has 6 atom stereocenters. The fourth-order valence-electron chi connectivity index (χ4n) is 5.42. The summed E-state index contributed by atoms with van der Waals surface area (Å²) in [6.45, 7) is 9.16. The number of nitrogens with one attached hydrogen (secondary N) is 2. The van der Waals surface area contributed by atoms with Crippen molar-refractivity contribution in [2.45, 2.75) is 78.3 Å². The summed E-state index contributed by atoms with van der Waals surface area (Å²) in [4.78, 5) is 25.6. The molecule has 2 aromatic rings. The number of amides is 2. The second-order valence-corrected chi connectivity index (χ2v) is 10.7. The number of benzene rings is 2. The van der Waals surface area contributed by atoms with Crippen LogP contribution in [-0.2, 0) is 0 Å². The number of hydrogen-bond acceptors (Lipinski definition) is 2. The van der Waals surface area contributed by atoms with Crippen molar-refractivity contribution in [1.82, 2.24) is 10.6 Å². The van der Waals surface area contributed by atoms with Crippen LogP contribution in [0.25, 0.3) is 10.8 Å². The fraction of sp³-hybridized carbons (Fsp3) is 0.571. The molecule has 6 unspecified atom stereocenters. The summed E-state index contributed by atoms with van der Waals surface area (Å²) in [5.41, 5.74) is 1.37. The average molecular weight is 435 g/mol. The smallest absolute Gasteiger partial charge is 0.251 e. The van der Waals surface area contributed by atoms with Crippen LogP contribution in [0.2, 0.25) is 0 Å². The van der Waals surface area contributed by atoms with E-state index in [2.05, 4.69) is 38.3 Å². The molecule has 2 aromatic carbocycles. The Kier molecular flexibility index (Phi) is 6.88. The van der Waals surface area contributed by atoms with Gasteiger partial charge in [-0.25, -0.2) is 0 Å². The highest BCUT2D eigenvalue weighted by molar-refractivity contribution is 6.02. The number of rotatable bonds is 4. The maximum Gasteiger partial charge on any atom is 0.251 e. The van der Waals surface area contributed by atoms with Crippen molar-refractivity contribution in [1.29, 1.82) is 0 Å². The zero-order chi connectivity index (χ0) is 22.8. The second-order valence-electron chi connectivity index (χ2n) is 10.7. The molecule has 2 saturated carbocycles. The van der Waals surface area contributed by atoms with Crippen molar-refractivity contribution in [3.63, 3.8) is 0 Å². The number of hydrogen-bond donors (Lipinski definition) is 2. The fourth-order valence-corrected chi connectivity index (χ4v) is 5.42. The van der Waals surface area contributed by atoms with E-state index >= 15 is 0 Å². The van der Waals surface area contributed by atoms with Crippen LogP contribution in [0, 0.1) is 23.7 Å². The molecule has 0 saturated heterocycles. The third-order valence-corrected chi connectivity index (χ3v) is 8.23. The van der Waals surface area contributed by atoms with Crippen LogP contribution in [0.4, 0.5) is 0 Å². The molecule has 2 amide bonds. The van der Waals surface area contributed by atoms with Gasteiger partial charge in [-0.1, -0.05) is 39.8 Å². The van der Waals surface area contributed by atoms with Gasteiger partial charge in [-0.3, -0.25) is 9.59 Å². The van der Waals surface area contributed by atoms with Crippen LogP contribution in [0.1, 0.15) is 86.9 Å². The van der Waals surface area contributed by atoms with Crippen LogP contribution in [0.3, 0.4) is 0 Å². The minimum absolute atomic E-state index is 0.00104. The van der Waals surface area contributed by atoms with Gasteiger partial charge < -0.3 is 10.6 Å². The van der Waals surface area contributed by atoms with Crippen molar-refractivity contribution in [2.75, 3.05) is 0 Å². The van der Waals surface area contributed by atoms with Gasteiger partial charge in [0.2, 0.25) is 0 Å². The molecule has 0 bridgehead atoms. The number of fused-ring (bicyclic) bond motifs is 1. The summed E-state index contributed by atoms with van der Waals surface area (Å²) in [6, 6.07) is 12.1. The molecule has 2 aliphatic carbocycles. The second kappa shape index (κ2) is 9.64. The summed E-state index contributed by atoms with van der Waals surface area (Å²) in [5, 5.41) is 8.43. The van der Waals surface area contributed by atoms with E-state index in [1.165, 1.54) is 12.8 Å². The van der Waals surface area contributed by atoms with Gasteiger partial charge in [0.25, 0.3) is 11.8 Å². The lowest BCUT2D eigenvalue weighted by Crippen LogP contribution is -2.39. The van der Waals surface area contributed by atoms with Gasteiger partial charge >= 0.3 is 0 Å². The molecule has 0 radical (unpaired) electrons. The largest absolute Gasteiger partial charge is 0.349 e. The summed E-state index contributed by atoms with van der Waals surface area (Å²) < 4.78 is 0. The molecule has 2 N–H and O–H groups in total. The highest BCUT2D eigenvalue weighted by atomic mass is 16.2. The first-order valence-corrected chi connectivity index (χ1v) is 12.5. The lowest BCUT2D eigenvalue weighted by Gasteiger charge is -2.32. The molecule has 0 aliphatic heterocycles. The zero-order valence-electron chi connectivity index (χ0n) is 20.0. The van der Waals surface area contributed by atoms with Crippen LogP contribution in [0.15, 0.2) is 36.4 Å². The van der Waals surface area contributed by atoms with E-state index in [1.54, 1.807) is 0 Å². The highest BCUT2D eigenvalue weighted by Crippen LogP contribution is 2.30.